The summed E-state index contributed by atoms with van der Waals surface area (Å²) < 4.78 is 0. The second kappa shape index (κ2) is 7.96. The first-order chi connectivity index (χ1) is 9.69. The summed E-state index contributed by atoms with van der Waals surface area (Å²) in [6.45, 7) is 9.86. The van der Waals surface area contributed by atoms with Gasteiger partial charge in [-0.15, -0.1) is 0 Å². The lowest BCUT2D eigenvalue weighted by atomic mass is 10.1. The number of nitrogens with two attached hydrogens (primary N) is 1. The molecular weight excluding hydrogens is 252 g/mol. The highest BCUT2D eigenvalue weighted by Gasteiger charge is 2.26. The number of piperazine rings is 1. The minimum absolute atomic E-state index is 0.167. The van der Waals surface area contributed by atoms with Gasteiger partial charge in [0.2, 0.25) is 5.91 Å². The second-order valence-electron chi connectivity index (χ2n) is 6.28. The van der Waals surface area contributed by atoms with E-state index in [0.29, 0.717) is 0 Å². The Morgan fingerprint density at radius 2 is 1.90 bits per heavy atom. The minimum atomic E-state index is -0.217. The molecule has 0 radical (unpaired) electrons. The van der Waals surface area contributed by atoms with E-state index in [9.17, 15) is 4.79 Å². The molecule has 20 heavy (non-hydrogen) atoms. The van der Waals surface area contributed by atoms with Gasteiger partial charge in [0.1, 0.15) is 0 Å². The highest BCUT2D eigenvalue weighted by molar-refractivity contribution is 5.79. The zero-order chi connectivity index (χ0) is 14.4. The number of nitrogens with zero attached hydrogens (tertiary/aromatic N) is 2. The number of amides is 1. The molecular formula is C15H30N4O. The van der Waals surface area contributed by atoms with Crippen LogP contribution >= 0.6 is 0 Å². The van der Waals surface area contributed by atoms with Crippen molar-refractivity contribution >= 4 is 5.91 Å². The van der Waals surface area contributed by atoms with Crippen molar-refractivity contribution in [2.24, 2.45) is 11.7 Å². The van der Waals surface area contributed by atoms with Crippen LogP contribution in [0.4, 0.5) is 0 Å². The number of hydrogen-bond donors (Lipinski definition) is 2. The van der Waals surface area contributed by atoms with Gasteiger partial charge in [-0.3, -0.25) is 4.79 Å². The molecule has 1 unspecified atom stereocenters. The van der Waals surface area contributed by atoms with Crippen molar-refractivity contribution in [3.05, 3.63) is 0 Å². The standard InChI is InChI=1S/C15H30N4O/c1-2-6-17-14(15(16)20)5-7-18-8-10-19(11-9-18)12-13-3-4-13/h13-14,17H,2-12H2,1H3,(H2,16,20). The predicted molar refractivity (Wildman–Crippen MR) is 81.5 cm³/mol. The lowest BCUT2D eigenvalue weighted by molar-refractivity contribution is -0.120. The average molecular weight is 282 g/mol. The van der Waals surface area contributed by atoms with Crippen LogP contribution in [0.5, 0.6) is 0 Å². The smallest absolute Gasteiger partial charge is 0.234 e. The molecule has 2 fully saturated rings. The van der Waals surface area contributed by atoms with Crippen LogP contribution in [0.3, 0.4) is 0 Å². The Kier molecular flexibility index (Phi) is 6.26. The van der Waals surface area contributed by atoms with Crippen molar-refractivity contribution < 1.29 is 4.79 Å². The van der Waals surface area contributed by atoms with Crippen molar-refractivity contribution in [1.29, 1.82) is 0 Å². The van der Waals surface area contributed by atoms with Gasteiger partial charge in [-0.2, -0.15) is 0 Å². The zero-order valence-electron chi connectivity index (χ0n) is 12.8. The first kappa shape index (κ1) is 15.7. The van der Waals surface area contributed by atoms with Crippen LogP contribution in [0.25, 0.3) is 0 Å². The highest BCUT2D eigenvalue weighted by atomic mass is 16.1. The average Bonchev–Trinajstić information content (AvgIpc) is 3.24. The molecule has 5 heteroatoms. The van der Waals surface area contributed by atoms with Gasteiger partial charge in [0.05, 0.1) is 6.04 Å². The maximum atomic E-state index is 11.4. The molecule has 116 valence electrons. The molecule has 1 atom stereocenters. The van der Waals surface area contributed by atoms with E-state index < -0.39 is 0 Å². The van der Waals surface area contributed by atoms with Crippen LogP contribution in [-0.4, -0.2) is 67.6 Å². The molecule has 1 heterocycles. The predicted octanol–water partition coefficient (Wildman–Crippen LogP) is 0.258. The van der Waals surface area contributed by atoms with Crippen molar-refractivity contribution in [3.63, 3.8) is 0 Å². The van der Waals surface area contributed by atoms with E-state index in [0.717, 1.165) is 44.9 Å². The van der Waals surface area contributed by atoms with Gasteiger partial charge in [0, 0.05) is 39.3 Å². The van der Waals surface area contributed by atoms with Gasteiger partial charge >= 0.3 is 0 Å². The molecule has 2 aliphatic rings. The fourth-order valence-corrected chi connectivity index (χ4v) is 2.84. The van der Waals surface area contributed by atoms with Gasteiger partial charge < -0.3 is 20.9 Å². The molecule has 1 amide bonds. The van der Waals surface area contributed by atoms with E-state index in [1.807, 2.05) is 0 Å². The molecule has 1 saturated carbocycles. The Labute approximate surface area is 122 Å². The van der Waals surface area contributed by atoms with Gasteiger partial charge in [0.25, 0.3) is 0 Å². The molecule has 0 aromatic rings. The van der Waals surface area contributed by atoms with Crippen molar-refractivity contribution in [2.45, 2.75) is 38.6 Å². The van der Waals surface area contributed by atoms with Crippen molar-refractivity contribution in [1.82, 2.24) is 15.1 Å². The third-order valence-electron chi connectivity index (χ3n) is 4.40. The number of rotatable bonds is 9. The van der Waals surface area contributed by atoms with Crippen LogP contribution in [0.2, 0.25) is 0 Å². The minimum Gasteiger partial charge on any atom is -0.368 e. The molecule has 1 aliphatic carbocycles. The fraction of sp³-hybridized carbons (Fsp3) is 0.933. The van der Waals surface area contributed by atoms with Crippen molar-refractivity contribution in [3.8, 4) is 0 Å². The Balaban J connectivity index is 1.62. The van der Waals surface area contributed by atoms with Gasteiger partial charge in [-0.1, -0.05) is 6.92 Å². The molecule has 0 aromatic carbocycles. The Morgan fingerprint density at radius 3 is 2.45 bits per heavy atom. The van der Waals surface area contributed by atoms with E-state index in [-0.39, 0.29) is 11.9 Å². The monoisotopic (exact) mass is 282 g/mol. The van der Waals surface area contributed by atoms with Gasteiger partial charge in [-0.05, 0) is 38.1 Å². The summed E-state index contributed by atoms with van der Waals surface area (Å²) in [4.78, 5) is 16.4. The summed E-state index contributed by atoms with van der Waals surface area (Å²) in [5.74, 6) is 0.768. The van der Waals surface area contributed by atoms with Gasteiger partial charge in [0.15, 0.2) is 0 Å². The van der Waals surface area contributed by atoms with E-state index in [2.05, 4.69) is 22.0 Å². The molecule has 1 saturated heterocycles. The summed E-state index contributed by atoms with van der Waals surface area (Å²) in [7, 11) is 0. The molecule has 0 aromatic heterocycles. The summed E-state index contributed by atoms with van der Waals surface area (Å²) in [6.07, 6.45) is 4.73. The lowest BCUT2D eigenvalue weighted by Gasteiger charge is -2.35. The number of nitrogens with one attached hydrogen (secondary N) is 1. The molecule has 0 spiro atoms. The third-order valence-corrected chi connectivity index (χ3v) is 4.40. The second-order valence-corrected chi connectivity index (χ2v) is 6.28. The lowest BCUT2D eigenvalue weighted by Crippen LogP contribution is -2.49. The van der Waals surface area contributed by atoms with Crippen LogP contribution in [-0.2, 0) is 4.79 Å². The van der Waals surface area contributed by atoms with Crippen molar-refractivity contribution in [2.75, 3.05) is 45.8 Å². The normalized spacial score (nSPS) is 22.9. The van der Waals surface area contributed by atoms with Crippen LogP contribution in [0, 0.1) is 5.92 Å². The van der Waals surface area contributed by atoms with Gasteiger partial charge in [-0.25, -0.2) is 0 Å². The number of hydrogen-bond acceptors (Lipinski definition) is 4. The first-order valence-electron chi connectivity index (χ1n) is 8.16. The van der Waals surface area contributed by atoms with E-state index in [1.165, 1.54) is 32.5 Å². The number of carbonyl (C=O) groups is 1. The molecule has 3 N–H and O–H groups in total. The molecule has 1 aliphatic heterocycles. The SMILES string of the molecule is CCCNC(CCN1CCN(CC2CC2)CC1)C(N)=O. The molecule has 0 bridgehead atoms. The summed E-state index contributed by atoms with van der Waals surface area (Å²) >= 11 is 0. The molecule has 5 nitrogen and oxygen atoms in total. The molecule has 2 rings (SSSR count). The maximum Gasteiger partial charge on any atom is 0.234 e. The van der Waals surface area contributed by atoms with E-state index in [4.69, 9.17) is 5.73 Å². The Bertz CT molecular complexity index is 298. The van der Waals surface area contributed by atoms with E-state index in [1.54, 1.807) is 0 Å². The topological polar surface area (TPSA) is 61.6 Å². The third kappa shape index (κ3) is 5.38. The Hall–Kier alpha value is -0.650. The largest absolute Gasteiger partial charge is 0.368 e. The maximum absolute atomic E-state index is 11.4. The van der Waals surface area contributed by atoms with E-state index >= 15 is 0 Å². The van der Waals surface area contributed by atoms with Crippen LogP contribution in [0.15, 0.2) is 0 Å². The number of carbonyl (C=O) groups excluding carboxylic acids is 1. The number of primary amides is 1. The quantitative estimate of drug-likeness (QED) is 0.637. The fourth-order valence-electron chi connectivity index (χ4n) is 2.84. The Morgan fingerprint density at radius 1 is 1.25 bits per heavy atom. The summed E-state index contributed by atoms with van der Waals surface area (Å²) in [5, 5.41) is 3.24. The first-order valence-corrected chi connectivity index (χ1v) is 8.16. The van der Waals surface area contributed by atoms with Crippen LogP contribution in [0.1, 0.15) is 32.6 Å². The highest BCUT2D eigenvalue weighted by Crippen LogP contribution is 2.29. The summed E-state index contributed by atoms with van der Waals surface area (Å²) in [5.41, 5.74) is 5.45. The van der Waals surface area contributed by atoms with Crippen LogP contribution < -0.4 is 11.1 Å². The zero-order valence-corrected chi connectivity index (χ0v) is 12.8. The summed E-state index contributed by atoms with van der Waals surface area (Å²) in [6, 6.07) is -0.167.